The maximum absolute atomic E-state index is 11.4. The van der Waals surface area contributed by atoms with Crippen molar-refractivity contribution in [1.82, 2.24) is 9.55 Å². The van der Waals surface area contributed by atoms with Crippen LogP contribution in [0.5, 0.6) is 0 Å². The summed E-state index contributed by atoms with van der Waals surface area (Å²) < 4.78 is 13.5. The van der Waals surface area contributed by atoms with Crippen LogP contribution in [0.25, 0.3) is 11.0 Å². The van der Waals surface area contributed by atoms with E-state index in [1.807, 2.05) is 23.6 Å². The summed E-state index contributed by atoms with van der Waals surface area (Å²) in [4.78, 5) is 4.48. The van der Waals surface area contributed by atoms with Crippen molar-refractivity contribution >= 4 is 33.4 Å². The van der Waals surface area contributed by atoms with E-state index in [-0.39, 0.29) is 5.25 Å². The molecule has 0 fully saturated rings. The Hall–Kier alpha value is -1.38. The lowest BCUT2D eigenvalue weighted by Gasteiger charge is -2.11. The second-order valence-corrected chi connectivity index (χ2v) is 6.80. The summed E-state index contributed by atoms with van der Waals surface area (Å²) in [6.45, 7) is 2.67. The molecule has 6 heteroatoms. The average molecular weight is 310 g/mol. The SMILES string of the molecule is CC(CCn1c(CCl)nc2ccc(C#N)cc21)S(C)=O. The van der Waals surface area contributed by atoms with Crippen molar-refractivity contribution in [3.8, 4) is 6.07 Å². The molecule has 2 unspecified atom stereocenters. The van der Waals surface area contributed by atoms with Crippen molar-refractivity contribution in [2.75, 3.05) is 6.26 Å². The van der Waals surface area contributed by atoms with Crippen molar-refractivity contribution in [2.24, 2.45) is 0 Å². The predicted octanol–water partition coefficient (Wildman–Crippen LogP) is 2.80. The maximum atomic E-state index is 11.4. The van der Waals surface area contributed by atoms with E-state index in [1.165, 1.54) is 0 Å². The van der Waals surface area contributed by atoms with Crippen molar-refractivity contribution in [3.05, 3.63) is 29.6 Å². The first kappa shape index (κ1) is 15.0. The molecule has 4 nitrogen and oxygen atoms in total. The summed E-state index contributed by atoms with van der Waals surface area (Å²) in [7, 11) is -0.839. The van der Waals surface area contributed by atoms with E-state index in [0.717, 1.165) is 23.3 Å². The van der Waals surface area contributed by atoms with Gasteiger partial charge in [-0.2, -0.15) is 5.26 Å². The van der Waals surface area contributed by atoms with Crippen LogP contribution in [-0.4, -0.2) is 25.3 Å². The smallest absolute Gasteiger partial charge is 0.124 e. The molecule has 1 aromatic carbocycles. The van der Waals surface area contributed by atoms with Crippen LogP contribution in [0.3, 0.4) is 0 Å². The molecule has 1 heterocycles. The molecule has 106 valence electrons. The van der Waals surface area contributed by atoms with Gasteiger partial charge in [-0.1, -0.05) is 6.92 Å². The van der Waals surface area contributed by atoms with E-state index in [9.17, 15) is 4.21 Å². The highest BCUT2D eigenvalue weighted by Gasteiger charge is 2.13. The molecule has 2 rings (SSSR count). The third-order valence-corrected chi connectivity index (χ3v) is 5.01. The Labute approximate surface area is 125 Å². The zero-order valence-corrected chi connectivity index (χ0v) is 13.0. The highest BCUT2D eigenvalue weighted by molar-refractivity contribution is 7.84. The largest absolute Gasteiger partial charge is 0.327 e. The molecule has 0 aliphatic rings. The van der Waals surface area contributed by atoms with Crippen molar-refractivity contribution in [3.63, 3.8) is 0 Å². The number of imidazole rings is 1. The van der Waals surface area contributed by atoms with E-state index in [1.54, 1.807) is 12.3 Å². The minimum atomic E-state index is -0.839. The summed E-state index contributed by atoms with van der Waals surface area (Å²) in [5, 5.41) is 9.12. The van der Waals surface area contributed by atoms with E-state index < -0.39 is 10.8 Å². The molecule has 0 radical (unpaired) electrons. The standard InChI is InChI=1S/C14H16ClN3OS/c1-10(20(2)19)5-6-18-13-7-11(9-16)3-4-12(13)17-14(18)8-15/h3-4,7,10H,5-6,8H2,1-2H3. The Morgan fingerprint density at radius 3 is 2.90 bits per heavy atom. The molecule has 0 amide bonds. The lowest BCUT2D eigenvalue weighted by molar-refractivity contribution is 0.617. The minimum absolute atomic E-state index is 0.120. The Bertz CT molecular complexity index is 690. The molecule has 0 aliphatic heterocycles. The number of nitriles is 1. The third kappa shape index (κ3) is 3.02. The molecule has 0 N–H and O–H groups in total. The fourth-order valence-electron chi connectivity index (χ4n) is 2.07. The molecule has 0 aliphatic carbocycles. The van der Waals surface area contributed by atoms with Crippen molar-refractivity contribution in [2.45, 2.75) is 31.0 Å². The van der Waals surface area contributed by atoms with Gasteiger partial charge in [-0.05, 0) is 24.6 Å². The van der Waals surface area contributed by atoms with Crippen molar-refractivity contribution < 1.29 is 4.21 Å². The van der Waals surface area contributed by atoms with Gasteiger partial charge in [0.25, 0.3) is 0 Å². The van der Waals surface area contributed by atoms with Gasteiger partial charge < -0.3 is 4.57 Å². The van der Waals surface area contributed by atoms with Gasteiger partial charge >= 0.3 is 0 Å². The number of aryl methyl sites for hydroxylation is 1. The van der Waals surface area contributed by atoms with Gasteiger partial charge in [0.1, 0.15) is 5.82 Å². The molecule has 20 heavy (non-hydrogen) atoms. The van der Waals surface area contributed by atoms with Crippen LogP contribution in [-0.2, 0) is 23.2 Å². The minimum Gasteiger partial charge on any atom is -0.327 e. The van der Waals surface area contributed by atoms with E-state index in [2.05, 4.69) is 11.1 Å². The van der Waals surface area contributed by atoms with Gasteiger partial charge in [0.15, 0.2) is 0 Å². The van der Waals surface area contributed by atoms with Gasteiger partial charge in [0, 0.05) is 28.9 Å². The highest BCUT2D eigenvalue weighted by atomic mass is 35.5. The van der Waals surface area contributed by atoms with Gasteiger partial charge in [0.2, 0.25) is 0 Å². The number of fused-ring (bicyclic) bond motifs is 1. The van der Waals surface area contributed by atoms with Crippen LogP contribution in [0.1, 0.15) is 24.7 Å². The van der Waals surface area contributed by atoms with E-state index in [4.69, 9.17) is 16.9 Å². The maximum Gasteiger partial charge on any atom is 0.124 e. The number of alkyl halides is 1. The molecule has 1 aromatic heterocycles. The predicted molar refractivity (Wildman–Crippen MR) is 82.2 cm³/mol. The molecule has 0 bridgehead atoms. The Morgan fingerprint density at radius 1 is 1.55 bits per heavy atom. The molecular weight excluding hydrogens is 294 g/mol. The summed E-state index contributed by atoms with van der Waals surface area (Å²) in [5.41, 5.74) is 2.35. The Morgan fingerprint density at radius 2 is 2.30 bits per heavy atom. The summed E-state index contributed by atoms with van der Waals surface area (Å²) in [5.74, 6) is 1.10. The van der Waals surface area contributed by atoms with Crippen LogP contribution >= 0.6 is 11.6 Å². The lowest BCUT2D eigenvalue weighted by Crippen LogP contribution is -2.14. The van der Waals surface area contributed by atoms with Gasteiger partial charge in [-0.15, -0.1) is 11.6 Å². The quantitative estimate of drug-likeness (QED) is 0.798. The van der Waals surface area contributed by atoms with Crippen LogP contribution in [0, 0.1) is 11.3 Å². The van der Waals surface area contributed by atoms with Gasteiger partial charge in [0.05, 0.1) is 28.5 Å². The number of benzene rings is 1. The van der Waals surface area contributed by atoms with Gasteiger partial charge in [-0.3, -0.25) is 4.21 Å². The van der Waals surface area contributed by atoms with Gasteiger partial charge in [-0.25, -0.2) is 4.98 Å². The first-order valence-electron chi connectivity index (χ1n) is 6.34. The van der Waals surface area contributed by atoms with E-state index >= 15 is 0 Å². The molecular formula is C14H16ClN3OS. The number of nitrogens with zero attached hydrogens (tertiary/aromatic N) is 3. The lowest BCUT2D eigenvalue weighted by atomic mass is 10.2. The zero-order chi connectivity index (χ0) is 14.7. The summed E-state index contributed by atoms with van der Waals surface area (Å²) >= 11 is 5.95. The van der Waals surface area contributed by atoms with Crippen LogP contribution < -0.4 is 0 Å². The monoisotopic (exact) mass is 309 g/mol. The fraction of sp³-hybridized carbons (Fsp3) is 0.429. The summed E-state index contributed by atoms with van der Waals surface area (Å²) in [6.07, 6.45) is 2.50. The number of aromatic nitrogens is 2. The molecule has 2 atom stereocenters. The molecule has 0 spiro atoms. The third-order valence-electron chi connectivity index (χ3n) is 3.40. The van der Waals surface area contributed by atoms with Crippen LogP contribution in [0.2, 0.25) is 0 Å². The molecule has 0 saturated carbocycles. The fourth-order valence-corrected chi connectivity index (χ4v) is 2.71. The van der Waals surface area contributed by atoms with Crippen molar-refractivity contribution in [1.29, 1.82) is 5.26 Å². The molecule has 0 saturated heterocycles. The first-order chi connectivity index (χ1) is 9.56. The average Bonchev–Trinajstić information content (AvgIpc) is 2.81. The number of halogens is 1. The summed E-state index contributed by atoms with van der Waals surface area (Å²) in [6, 6.07) is 7.55. The number of rotatable bonds is 5. The zero-order valence-electron chi connectivity index (χ0n) is 11.5. The second kappa shape index (κ2) is 6.38. The normalized spacial score (nSPS) is 14.1. The first-order valence-corrected chi connectivity index (χ1v) is 8.50. The van der Waals surface area contributed by atoms with Crippen LogP contribution in [0.15, 0.2) is 18.2 Å². The highest BCUT2D eigenvalue weighted by Crippen LogP contribution is 2.20. The number of hydrogen-bond donors (Lipinski definition) is 0. The van der Waals surface area contributed by atoms with E-state index in [0.29, 0.717) is 18.0 Å². The second-order valence-electron chi connectivity index (χ2n) is 4.73. The molecule has 2 aromatic rings. The van der Waals surface area contributed by atoms with Crippen LogP contribution in [0.4, 0.5) is 0 Å². The topological polar surface area (TPSA) is 58.7 Å². The Balaban J connectivity index is 2.39. The number of hydrogen-bond acceptors (Lipinski definition) is 3. The Kier molecular flexibility index (Phi) is 4.79.